The molecule has 0 amide bonds. The molecule has 11 nitrogen and oxygen atoms in total. The number of nitroso groups, excluding NO2 is 5. The zero-order valence-electron chi connectivity index (χ0n) is 9.98. The standard InChI is InChI=1S/C8H8O.5NO.W/c1-9-7-8-5-3-2-4-6-8;5*1-2;/h2-6H,1H3;;;;;;/q;5*-1;. The summed E-state index contributed by atoms with van der Waals surface area (Å²) in [6, 6.07) is 10.1. The van der Waals surface area contributed by atoms with E-state index in [9.17, 15) is 0 Å². The largest absolute Gasteiger partial charge is 0.577 e. The van der Waals surface area contributed by atoms with Crippen LogP contribution in [-0.2, 0) is 24.1 Å². The topological polar surface area (TPSA) is 206 Å². The van der Waals surface area contributed by atoms with Gasteiger partial charge in [-0.25, -0.2) is 0 Å². The summed E-state index contributed by atoms with van der Waals surface area (Å²) < 4.78 is 6.13. The van der Waals surface area contributed by atoms with Crippen LogP contribution in [0, 0.1) is 24.5 Å². The van der Waals surface area contributed by atoms with Crippen LogP contribution in [-0.4, -0.2) is 11.2 Å². The maximum atomic E-state index is 7.25. The van der Waals surface area contributed by atoms with Crippen LogP contribution in [0.2, 0.25) is 0 Å². The van der Waals surface area contributed by atoms with Gasteiger partial charge in [0.15, 0.2) is 0 Å². The van der Waals surface area contributed by atoms with Crippen molar-refractivity contribution in [3.8, 4) is 0 Å². The molecule has 12 heteroatoms. The molecule has 0 aromatic heterocycles. The third-order valence-corrected chi connectivity index (χ3v) is 2.64. The Kier molecular flexibility index (Phi) is 66.9. The second-order valence-electron chi connectivity index (χ2n) is 1.86. The summed E-state index contributed by atoms with van der Waals surface area (Å²) in [5.41, 5.74) is 29.9. The van der Waals surface area contributed by atoms with Crippen LogP contribution in [0.3, 0.4) is 0 Å². The minimum Gasteiger partial charge on any atom is -0.577 e. The zero-order valence-corrected chi connectivity index (χ0v) is 12.9. The molecule has 112 valence electrons. The smallest absolute Gasteiger partial charge is 0.423 e. The van der Waals surface area contributed by atoms with Crippen molar-refractivity contribution in [2.45, 2.75) is 0 Å². The molecule has 0 heterocycles. The number of nitrogens with zero attached hydrogens (tertiary/aromatic N) is 5. The van der Waals surface area contributed by atoms with Crippen LogP contribution in [0.4, 0.5) is 0 Å². The van der Waals surface area contributed by atoms with E-state index in [1.165, 1.54) is 24.9 Å². The third kappa shape index (κ3) is 24.8. The van der Waals surface area contributed by atoms with Gasteiger partial charge in [0.05, 0.1) is 0 Å². The van der Waals surface area contributed by atoms with Gasteiger partial charge in [-0.2, -0.15) is 0 Å². The first kappa shape index (κ1) is 30.6. The first-order valence-corrected chi connectivity index (χ1v) is 5.36. The Labute approximate surface area is 124 Å². The molecule has 0 aliphatic heterocycles. The molecular formula is C8H8N5O6W-5. The van der Waals surface area contributed by atoms with E-state index in [4.69, 9.17) is 57.2 Å². The van der Waals surface area contributed by atoms with E-state index < -0.39 is 0 Å². The predicted molar refractivity (Wildman–Crippen MR) is 71.2 cm³/mol. The van der Waals surface area contributed by atoms with Crippen LogP contribution in [0.15, 0.2) is 30.3 Å². The van der Waals surface area contributed by atoms with Crippen LogP contribution in [0.5, 0.6) is 0 Å². The first-order valence-electron chi connectivity index (χ1n) is 3.89. The van der Waals surface area contributed by atoms with Crippen molar-refractivity contribution < 1.29 is 24.1 Å². The van der Waals surface area contributed by atoms with E-state index in [2.05, 4.69) is 0 Å². The van der Waals surface area contributed by atoms with E-state index in [0.717, 1.165) is 4.08 Å². The molecule has 0 N–H and O–H groups in total. The van der Waals surface area contributed by atoms with E-state index >= 15 is 0 Å². The number of rotatable bonds is 2. The molecule has 0 saturated heterocycles. The molecule has 0 saturated carbocycles. The predicted octanol–water partition coefficient (Wildman–Crippen LogP) is 2.97. The summed E-state index contributed by atoms with van der Waals surface area (Å²) >= 11 is 1.36. The van der Waals surface area contributed by atoms with Gasteiger partial charge in [-0.3, -0.25) is 0 Å². The number of hydrogen-bond acceptors (Lipinski definition) is 6. The molecule has 0 fully saturated rings. The summed E-state index contributed by atoms with van der Waals surface area (Å²) in [5.74, 6) is 0. The van der Waals surface area contributed by atoms with E-state index in [1.54, 1.807) is 7.11 Å². The summed E-state index contributed by atoms with van der Waals surface area (Å²) in [7, 11) is 1.70. The normalized spacial score (nSPS) is 5.65. The Morgan fingerprint density at radius 2 is 1.10 bits per heavy atom. The third-order valence-electron chi connectivity index (χ3n) is 1.19. The van der Waals surface area contributed by atoms with Crippen molar-refractivity contribution in [2.24, 2.45) is 0 Å². The Hall–Kier alpha value is -2.26. The van der Waals surface area contributed by atoms with Crippen molar-refractivity contribution in [3.63, 3.8) is 0 Å². The number of ether oxygens (including phenoxy) is 1. The van der Waals surface area contributed by atoms with Crippen LogP contribution < -0.4 is 0 Å². The van der Waals surface area contributed by atoms with Crippen LogP contribution >= 0.6 is 0 Å². The fourth-order valence-electron chi connectivity index (χ4n) is 0.692. The molecule has 0 aliphatic rings. The minimum atomic E-state index is 1.04. The summed E-state index contributed by atoms with van der Waals surface area (Å²) in [4.78, 5) is 36.2. The number of hydrogen-bond donors (Lipinski definition) is 0. The molecule has 0 spiro atoms. The van der Waals surface area contributed by atoms with Crippen LogP contribution in [0.25, 0.3) is 28.0 Å². The van der Waals surface area contributed by atoms with Gasteiger partial charge < -0.3 is 52.5 Å². The van der Waals surface area contributed by atoms with Gasteiger partial charge in [0.2, 0.25) is 0 Å². The second-order valence-corrected chi connectivity index (χ2v) is 3.19. The first-order chi connectivity index (χ1) is 9.84. The monoisotopic (exact) mass is 454 g/mol. The van der Waals surface area contributed by atoms with Crippen molar-refractivity contribution >= 4 is 4.08 Å². The average Bonchev–Trinajstić information content (AvgIpc) is 2.63. The molecule has 1 aromatic rings. The molecule has 0 radical (unpaired) electrons. The maximum absolute atomic E-state index is 7.25. The Morgan fingerprint density at radius 1 is 0.800 bits per heavy atom. The molecule has 20 heavy (non-hydrogen) atoms. The van der Waals surface area contributed by atoms with Gasteiger partial charge in [-0.1, -0.05) is 0 Å². The molecule has 1 aromatic carbocycles. The molecule has 1 rings (SSSR count). The van der Waals surface area contributed by atoms with Crippen LogP contribution in [0.1, 0.15) is 5.56 Å². The van der Waals surface area contributed by atoms with Gasteiger partial charge in [0, 0.05) is 0 Å². The summed E-state index contributed by atoms with van der Waals surface area (Å²) in [6.45, 7) is 0. The minimum absolute atomic E-state index is 1.04. The van der Waals surface area contributed by atoms with Crippen molar-refractivity contribution in [1.82, 2.24) is 0 Å². The number of methoxy groups -OCH3 is 1. The Morgan fingerprint density at radius 3 is 1.35 bits per heavy atom. The van der Waals surface area contributed by atoms with Gasteiger partial charge in [-0.05, 0) is 0 Å². The molecule has 0 unspecified atom stereocenters. The van der Waals surface area contributed by atoms with Gasteiger partial charge in [0.1, 0.15) is 0 Å². The van der Waals surface area contributed by atoms with Crippen molar-refractivity contribution in [1.29, 1.82) is 0 Å². The van der Waals surface area contributed by atoms with Gasteiger partial charge in [-0.15, -0.1) is 0 Å². The Bertz CT molecular complexity index is 295. The molecular weight excluding hydrogens is 446 g/mol. The SMILES string of the molecule is CO[C](=[W])c1ccccc1.[N-]=O.[N-]=O.[N-]=O.[N-]=O.[N-]=O. The summed E-state index contributed by atoms with van der Waals surface area (Å²) in [5, 5.41) is 0. The van der Waals surface area contributed by atoms with E-state index in [0.29, 0.717) is 0 Å². The van der Waals surface area contributed by atoms with Crippen molar-refractivity contribution in [3.05, 3.63) is 88.4 Å². The summed E-state index contributed by atoms with van der Waals surface area (Å²) in [6.07, 6.45) is 0. The van der Waals surface area contributed by atoms with Gasteiger partial charge >= 0.3 is 71.2 Å². The fraction of sp³-hybridized carbons (Fsp3) is 0.125. The van der Waals surface area contributed by atoms with Gasteiger partial charge in [0.25, 0.3) is 0 Å². The quantitative estimate of drug-likeness (QED) is 0.656. The number of benzene rings is 1. The molecule has 0 atom stereocenters. The zero-order chi connectivity index (χ0) is 17.4. The molecule has 0 bridgehead atoms. The van der Waals surface area contributed by atoms with E-state index in [-0.39, 0.29) is 0 Å². The second kappa shape index (κ2) is 43.7. The average molecular weight is 454 g/mol. The van der Waals surface area contributed by atoms with E-state index in [1.807, 2.05) is 30.3 Å². The molecule has 0 aliphatic carbocycles. The fourth-order valence-corrected chi connectivity index (χ4v) is 1.18. The maximum Gasteiger partial charge on any atom is -0.423 e. The Balaban J connectivity index is -0.0000000639. The van der Waals surface area contributed by atoms with Crippen molar-refractivity contribution in [2.75, 3.05) is 7.11 Å².